The zero-order chi connectivity index (χ0) is 19.0. The summed E-state index contributed by atoms with van der Waals surface area (Å²) >= 11 is 0. The van der Waals surface area contributed by atoms with Crippen LogP contribution in [0.5, 0.6) is 0 Å². The highest BCUT2D eigenvalue weighted by Crippen LogP contribution is 2.28. The summed E-state index contributed by atoms with van der Waals surface area (Å²) in [6, 6.07) is 4.14. The van der Waals surface area contributed by atoms with Gasteiger partial charge in [-0.25, -0.2) is 4.68 Å². The molecule has 1 amide bonds. The first kappa shape index (κ1) is 18.2. The van der Waals surface area contributed by atoms with Gasteiger partial charge in [-0.15, -0.1) is 5.10 Å². The molecule has 0 spiro atoms. The number of carbonyl (C=O) groups excluding carboxylic acids is 1. The number of amides is 1. The Morgan fingerprint density at radius 2 is 2.37 bits per heavy atom. The summed E-state index contributed by atoms with van der Waals surface area (Å²) in [5, 5.41) is 21.3. The molecule has 1 unspecified atom stereocenters. The van der Waals surface area contributed by atoms with Gasteiger partial charge in [0.1, 0.15) is 23.1 Å². The lowest BCUT2D eigenvalue weighted by Gasteiger charge is -2.46. The van der Waals surface area contributed by atoms with Crippen molar-refractivity contribution in [2.45, 2.75) is 51.4 Å². The van der Waals surface area contributed by atoms with E-state index < -0.39 is 5.60 Å². The number of piperidine rings is 3. The third kappa shape index (κ3) is 3.91. The molecule has 3 aliphatic rings. The maximum Gasteiger partial charge on any atom is 0.229 e. The third-order valence-corrected chi connectivity index (χ3v) is 5.98. The quantitative estimate of drug-likeness (QED) is 0.645. The average molecular weight is 374 g/mol. The first-order chi connectivity index (χ1) is 12.9. The molecule has 3 fully saturated rings. The zero-order valence-electron chi connectivity index (χ0n) is 15.9. The van der Waals surface area contributed by atoms with E-state index in [0.717, 1.165) is 38.2 Å². The molecule has 146 valence electrons. The fraction of sp³-hybridized carbons (Fsp3) is 0.632. The van der Waals surface area contributed by atoms with E-state index in [4.69, 9.17) is 4.42 Å². The predicted molar refractivity (Wildman–Crippen MR) is 96.5 cm³/mol. The van der Waals surface area contributed by atoms with Gasteiger partial charge < -0.3 is 19.7 Å². The van der Waals surface area contributed by atoms with Crippen LogP contribution < -0.4 is 10.2 Å². The molecule has 2 aromatic heterocycles. The molecular weight excluding hydrogens is 346 g/mol. The Morgan fingerprint density at radius 1 is 1.52 bits per heavy atom. The van der Waals surface area contributed by atoms with Crippen LogP contribution in [0.15, 0.2) is 29.0 Å². The number of nitrogens with zero attached hydrogens (tertiary/aromatic N) is 3. The standard InChI is InChI=1S/C19H27N5O3/c1-19(2,26)17-12-24(22-21-17)10-14-8-13-5-6-23(14)11-16(13)18(25)20-9-15-4-3-7-27-15/h3-4,7,12-14,16,26H,5-6,8-11H2,1-2H3,(H,20,25)/p+1/t13-,14+,16-/m0/s1. The van der Waals surface area contributed by atoms with Crippen LogP contribution in [0, 0.1) is 11.8 Å². The summed E-state index contributed by atoms with van der Waals surface area (Å²) < 4.78 is 7.12. The van der Waals surface area contributed by atoms with Crippen molar-refractivity contribution in [3.05, 3.63) is 36.0 Å². The Balaban J connectivity index is 1.34. The molecule has 0 radical (unpaired) electrons. The van der Waals surface area contributed by atoms with Crippen molar-refractivity contribution in [2.24, 2.45) is 11.8 Å². The van der Waals surface area contributed by atoms with Crippen LogP contribution in [-0.2, 0) is 23.5 Å². The maximum atomic E-state index is 12.6. The monoisotopic (exact) mass is 374 g/mol. The van der Waals surface area contributed by atoms with Crippen molar-refractivity contribution >= 4 is 5.91 Å². The van der Waals surface area contributed by atoms with Crippen LogP contribution in [0.3, 0.4) is 0 Å². The van der Waals surface area contributed by atoms with Gasteiger partial charge in [-0.05, 0) is 31.9 Å². The van der Waals surface area contributed by atoms with E-state index in [1.807, 2.05) is 23.0 Å². The molecule has 5 rings (SSSR count). The molecule has 0 saturated carbocycles. The molecule has 0 aromatic carbocycles. The fourth-order valence-corrected chi connectivity index (χ4v) is 4.43. The number of aromatic nitrogens is 3. The lowest BCUT2D eigenvalue weighted by atomic mass is 9.75. The molecule has 3 aliphatic heterocycles. The van der Waals surface area contributed by atoms with E-state index in [1.54, 1.807) is 20.1 Å². The number of carbonyl (C=O) groups is 1. The van der Waals surface area contributed by atoms with Gasteiger partial charge in [-0.2, -0.15) is 0 Å². The number of aliphatic hydroxyl groups is 1. The van der Waals surface area contributed by atoms with Gasteiger partial charge in [-0.3, -0.25) is 4.79 Å². The van der Waals surface area contributed by atoms with Crippen molar-refractivity contribution in [2.75, 3.05) is 13.1 Å². The molecular formula is C19H28N5O3+. The lowest BCUT2D eigenvalue weighted by Crippen LogP contribution is -3.20. The van der Waals surface area contributed by atoms with Crippen molar-refractivity contribution in [1.82, 2.24) is 20.3 Å². The van der Waals surface area contributed by atoms with Crippen molar-refractivity contribution in [1.29, 1.82) is 0 Å². The number of nitrogens with one attached hydrogen (secondary N) is 2. The minimum absolute atomic E-state index is 0.0719. The second kappa shape index (κ2) is 7.09. The molecule has 3 saturated heterocycles. The van der Waals surface area contributed by atoms with Gasteiger partial charge in [0.15, 0.2) is 0 Å². The Morgan fingerprint density at radius 3 is 3.00 bits per heavy atom. The smallest absolute Gasteiger partial charge is 0.229 e. The minimum atomic E-state index is -0.978. The second-order valence-electron chi connectivity index (χ2n) is 8.38. The topological polar surface area (TPSA) is 97.6 Å². The van der Waals surface area contributed by atoms with E-state index >= 15 is 0 Å². The number of quaternary nitrogens is 1. The van der Waals surface area contributed by atoms with Gasteiger partial charge in [0.2, 0.25) is 5.91 Å². The van der Waals surface area contributed by atoms with E-state index in [9.17, 15) is 9.90 Å². The van der Waals surface area contributed by atoms with E-state index in [0.29, 0.717) is 24.2 Å². The molecule has 4 atom stereocenters. The van der Waals surface area contributed by atoms with Gasteiger partial charge in [0.05, 0.1) is 44.6 Å². The number of hydrogen-bond acceptors (Lipinski definition) is 5. The Hall–Kier alpha value is -2.19. The molecule has 8 nitrogen and oxygen atoms in total. The van der Waals surface area contributed by atoms with Crippen LogP contribution in [-0.4, -0.2) is 45.1 Å². The minimum Gasteiger partial charge on any atom is -0.467 e. The van der Waals surface area contributed by atoms with E-state index in [2.05, 4.69) is 15.6 Å². The summed E-state index contributed by atoms with van der Waals surface area (Å²) in [4.78, 5) is 14.1. The maximum absolute atomic E-state index is 12.6. The van der Waals surface area contributed by atoms with E-state index in [-0.39, 0.29) is 11.8 Å². The van der Waals surface area contributed by atoms with Crippen molar-refractivity contribution < 1.29 is 19.2 Å². The Kier molecular flexibility index (Phi) is 4.77. The third-order valence-electron chi connectivity index (χ3n) is 5.98. The molecule has 5 heterocycles. The Labute approximate surface area is 158 Å². The van der Waals surface area contributed by atoms with Crippen LogP contribution in [0.1, 0.15) is 38.1 Å². The summed E-state index contributed by atoms with van der Waals surface area (Å²) in [5.74, 6) is 1.41. The highest BCUT2D eigenvalue weighted by Gasteiger charge is 2.46. The lowest BCUT2D eigenvalue weighted by molar-refractivity contribution is -0.945. The van der Waals surface area contributed by atoms with Gasteiger partial charge >= 0.3 is 0 Å². The molecule has 2 aromatic rings. The highest BCUT2D eigenvalue weighted by atomic mass is 16.3. The fourth-order valence-electron chi connectivity index (χ4n) is 4.43. The SMILES string of the molecule is CC(C)(O)c1cn(C[C@H]2C[C@@H]3CC[NH+]2C[C@@H]3C(=O)NCc2ccco2)nn1. The molecule has 2 bridgehead atoms. The number of fused-ring (bicyclic) bond motifs is 3. The first-order valence-electron chi connectivity index (χ1n) is 9.68. The van der Waals surface area contributed by atoms with Crippen LogP contribution >= 0.6 is 0 Å². The normalized spacial score (nSPS) is 27.7. The summed E-state index contributed by atoms with van der Waals surface area (Å²) in [6.07, 6.45) is 5.57. The second-order valence-corrected chi connectivity index (χ2v) is 8.38. The summed E-state index contributed by atoms with van der Waals surface area (Å²) in [6.45, 7) is 6.62. The number of rotatable bonds is 6. The number of hydrogen-bond donors (Lipinski definition) is 3. The largest absolute Gasteiger partial charge is 0.467 e. The van der Waals surface area contributed by atoms with E-state index in [1.165, 1.54) is 4.90 Å². The summed E-state index contributed by atoms with van der Waals surface area (Å²) in [7, 11) is 0. The van der Waals surface area contributed by atoms with Gasteiger partial charge in [0.25, 0.3) is 0 Å². The molecule has 0 aliphatic carbocycles. The number of furan rings is 1. The van der Waals surface area contributed by atoms with Crippen molar-refractivity contribution in [3.63, 3.8) is 0 Å². The molecule has 27 heavy (non-hydrogen) atoms. The van der Waals surface area contributed by atoms with Crippen LogP contribution in [0.25, 0.3) is 0 Å². The van der Waals surface area contributed by atoms with Gasteiger partial charge in [-0.1, -0.05) is 5.21 Å². The predicted octanol–water partition coefficient (Wildman–Crippen LogP) is -0.292. The van der Waals surface area contributed by atoms with Gasteiger partial charge in [0, 0.05) is 12.8 Å². The van der Waals surface area contributed by atoms with Crippen LogP contribution in [0.4, 0.5) is 0 Å². The summed E-state index contributed by atoms with van der Waals surface area (Å²) in [5.41, 5.74) is -0.391. The molecule has 8 heteroatoms. The average Bonchev–Trinajstić information content (AvgIpc) is 3.31. The van der Waals surface area contributed by atoms with Crippen LogP contribution in [0.2, 0.25) is 0 Å². The zero-order valence-corrected chi connectivity index (χ0v) is 15.9. The van der Waals surface area contributed by atoms with Crippen molar-refractivity contribution in [3.8, 4) is 0 Å². The first-order valence-corrected chi connectivity index (χ1v) is 9.68. The molecule has 3 N–H and O–H groups in total. The highest BCUT2D eigenvalue weighted by molar-refractivity contribution is 5.79. The Bertz CT molecular complexity index is 780.